The van der Waals surface area contributed by atoms with E-state index in [-0.39, 0.29) is 6.04 Å². The normalized spacial score (nSPS) is 31.9. The summed E-state index contributed by atoms with van der Waals surface area (Å²) in [6.45, 7) is 1.62. The molecular formula is C5H11NOS. The van der Waals surface area contributed by atoms with E-state index >= 15 is 0 Å². The van der Waals surface area contributed by atoms with Crippen LogP contribution in [0.25, 0.3) is 0 Å². The molecule has 48 valence electrons. The minimum atomic E-state index is 0.266. The van der Waals surface area contributed by atoms with Gasteiger partial charge in [-0.15, -0.1) is 0 Å². The predicted octanol–water partition coefficient (Wildman–Crippen LogP) is 0.0771. The molecule has 0 aromatic carbocycles. The highest BCUT2D eigenvalue weighted by molar-refractivity contribution is 7.99. The molecule has 0 amide bonds. The van der Waals surface area contributed by atoms with Crippen LogP contribution in [0.1, 0.15) is 0 Å². The highest BCUT2D eigenvalue weighted by atomic mass is 32.2. The standard InChI is InChI=1S/C5H11NOS/c6-5-3-7-1-2-8-4-5/h5H,1-4,6H2. The zero-order valence-electron chi connectivity index (χ0n) is 4.80. The van der Waals surface area contributed by atoms with E-state index in [1.165, 1.54) is 0 Å². The fraction of sp³-hybridized carbons (Fsp3) is 1.00. The fourth-order valence-corrected chi connectivity index (χ4v) is 1.44. The molecule has 1 saturated heterocycles. The number of nitrogens with two attached hydrogens (primary N) is 1. The van der Waals surface area contributed by atoms with Crippen molar-refractivity contribution in [2.24, 2.45) is 5.73 Å². The van der Waals surface area contributed by atoms with Crippen molar-refractivity contribution in [3.8, 4) is 0 Å². The maximum atomic E-state index is 5.59. The second-order valence-corrected chi connectivity index (χ2v) is 3.06. The van der Waals surface area contributed by atoms with E-state index in [1.54, 1.807) is 0 Å². The molecular weight excluding hydrogens is 122 g/mol. The Morgan fingerprint density at radius 2 is 2.50 bits per heavy atom. The van der Waals surface area contributed by atoms with Crippen LogP contribution in [0.4, 0.5) is 0 Å². The Morgan fingerprint density at radius 3 is 3.38 bits per heavy atom. The van der Waals surface area contributed by atoms with E-state index in [4.69, 9.17) is 10.5 Å². The van der Waals surface area contributed by atoms with Crippen molar-refractivity contribution in [3.63, 3.8) is 0 Å². The van der Waals surface area contributed by atoms with Gasteiger partial charge in [0, 0.05) is 17.5 Å². The van der Waals surface area contributed by atoms with Crippen LogP contribution in [0.5, 0.6) is 0 Å². The van der Waals surface area contributed by atoms with Gasteiger partial charge in [-0.3, -0.25) is 0 Å². The van der Waals surface area contributed by atoms with Gasteiger partial charge in [0.1, 0.15) is 0 Å². The van der Waals surface area contributed by atoms with Gasteiger partial charge in [-0.1, -0.05) is 0 Å². The zero-order valence-corrected chi connectivity index (χ0v) is 5.62. The summed E-state index contributed by atoms with van der Waals surface area (Å²) in [7, 11) is 0. The van der Waals surface area contributed by atoms with E-state index in [1.807, 2.05) is 11.8 Å². The summed E-state index contributed by atoms with van der Waals surface area (Å²) < 4.78 is 5.16. The van der Waals surface area contributed by atoms with Crippen molar-refractivity contribution in [2.75, 3.05) is 24.7 Å². The van der Waals surface area contributed by atoms with Gasteiger partial charge in [0.05, 0.1) is 13.2 Å². The molecule has 1 fully saturated rings. The Balaban J connectivity index is 2.17. The Bertz CT molecular complexity index is 61.4. The molecule has 0 spiro atoms. The van der Waals surface area contributed by atoms with Gasteiger partial charge < -0.3 is 10.5 Å². The Kier molecular flexibility index (Phi) is 2.66. The van der Waals surface area contributed by atoms with Crippen LogP contribution < -0.4 is 5.73 Å². The molecule has 1 aliphatic rings. The van der Waals surface area contributed by atoms with Gasteiger partial charge >= 0.3 is 0 Å². The monoisotopic (exact) mass is 133 g/mol. The average Bonchev–Trinajstić information content (AvgIpc) is 1.94. The quantitative estimate of drug-likeness (QED) is 0.508. The first-order chi connectivity index (χ1) is 3.89. The molecule has 1 rings (SSSR count). The molecule has 1 unspecified atom stereocenters. The molecule has 8 heavy (non-hydrogen) atoms. The van der Waals surface area contributed by atoms with Crippen LogP contribution in [0.2, 0.25) is 0 Å². The third-order valence-corrected chi connectivity index (χ3v) is 2.16. The Labute approximate surface area is 53.8 Å². The lowest BCUT2D eigenvalue weighted by Crippen LogP contribution is -2.26. The van der Waals surface area contributed by atoms with Crippen LogP contribution in [-0.2, 0) is 4.74 Å². The predicted molar refractivity (Wildman–Crippen MR) is 36.1 cm³/mol. The summed E-state index contributed by atoms with van der Waals surface area (Å²) in [5.74, 6) is 2.16. The SMILES string of the molecule is NC1COCCSC1. The van der Waals surface area contributed by atoms with Gasteiger partial charge in [0.2, 0.25) is 0 Å². The first kappa shape index (κ1) is 6.39. The van der Waals surface area contributed by atoms with Crippen molar-refractivity contribution in [3.05, 3.63) is 0 Å². The van der Waals surface area contributed by atoms with E-state index in [2.05, 4.69) is 0 Å². The molecule has 0 aromatic heterocycles. The topological polar surface area (TPSA) is 35.2 Å². The lowest BCUT2D eigenvalue weighted by atomic mass is 10.4. The molecule has 1 atom stereocenters. The summed E-state index contributed by atoms with van der Waals surface area (Å²) >= 11 is 1.87. The lowest BCUT2D eigenvalue weighted by molar-refractivity contribution is 0.144. The van der Waals surface area contributed by atoms with Crippen molar-refractivity contribution in [1.82, 2.24) is 0 Å². The van der Waals surface area contributed by atoms with Crippen LogP contribution in [-0.4, -0.2) is 30.8 Å². The lowest BCUT2D eigenvalue weighted by Gasteiger charge is -2.03. The number of hydrogen-bond acceptors (Lipinski definition) is 3. The molecule has 3 heteroatoms. The Morgan fingerprint density at radius 1 is 1.62 bits per heavy atom. The maximum Gasteiger partial charge on any atom is 0.0625 e. The van der Waals surface area contributed by atoms with Gasteiger partial charge in [-0.25, -0.2) is 0 Å². The Hall–Kier alpha value is 0.270. The molecule has 0 aliphatic carbocycles. The largest absolute Gasteiger partial charge is 0.379 e. The minimum absolute atomic E-state index is 0.266. The molecule has 0 aromatic rings. The molecule has 0 saturated carbocycles. The molecule has 2 nitrogen and oxygen atoms in total. The first-order valence-corrected chi connectivity index (χ1v) is 3.96. The third kappa shape index (κ3) is 2.03. The summed E-state index contributed by atoms with van der Waals surface area (Å²) in [6, 6.07) is 0.266. The number of ether oxygens (including phenoxy) is 1. The molecule has 1 aliphatic heterocycles. The summed E-state index contributed by atoms with van der Waals surface area (Å²) in [4.78, 5) is 0. The minimum Gasteiger partial charge on any atom is -0.379 e. The van der Waals surface area contributed by atoms with E-state index in [0.29, 0.717) is 0 Å². The number of hydrogen-bond donors (Lipinski definition) is 1. The highest BCUT2D eigenvalue weighted by Crippen LogP contribution is 2.05. The number of thioether (sulfide) groups is 1. The third-order valence-electron chi connectivity index (χ3n) is 1.04. The van der Waals surface area contributed by atoms with Crippen molar-refractivity contribution >= 4 is 11.8 Å². The fourth-order valence-electron chi connectivity index (χ4n) is 0.635. The molecule has 0 bridgehead atoms. The van der Waals surface area contributed by atoms with E-state index in [9.17, 15) is 0 Å². The zero-order chi connectivity index (χ0) is 5.82. The van der Waals surface area contributed by atoms with Crippen molar-refractivity contribution < 1.29 is 4.74 Å². The van der Waals surface area contributed by atoms with Gasteiger partial charge in [0.25, 0.3) is 0 Å². The first-order valence-electron chi connectivity index (χ1n) is 2.80. The van der Waals surface area contributed by atoms with Crippen LogP contribution in [0.3, 0.4) is 0 Å². The summed E-state index contributed by atoms with van der Waals surface area (Å²) in [5.41, 5.74) is 5.59. The molecule has 1 heterocycles. The van der Waals surface area contributed by atoms with Gasteiger partial charge in [-0.2, -0.15) is 11.8 Å². The second-order valence-electron chi connectivity index (χ2n) is 1.91. The van der Waals surface area contributed by atoms with Gasteiger partial charge in [0.15, 0.2) is 0 Å². The van der Waals surface area contributed by atoms with E-state index < -0.39 is 0 Å². The van der Waals surface area contributed by atoms with Crippen molar-refractivity contribution in [2.45, 2.75) is 6.04 Å². The molecule has 2 N–H and O–H groups in total. The smallest absolute Gasteiger partial charge is 0.0625 e. The molecule has 0 radical (unpaired) electrons. The van der Waals surface area contributed by atoms with Gasteiger partial charge in [-0.05, 0) is 0 Å². The van der Waals surface area contributed by atoms with Crippen molar-refractivity contribution in [1.29, 1.82) is 0 Å². The number of rotatable bonds is 0. The van der Waals surface area contributed by atoms with E-state index in [0.717, 1.165) is 24.7 Å². The second kappa shape index (κ2) is 3.33. The van der Waals surface area contributed by atoms with Crippen LogP contribution >= 0.6 is 11.8 Å². The van der Waals surface area contributed by atoms with Crippen LogP contribution in [0.15, 0.2) is 0 Å². The van der Waals surface area contributed by atoms with Crippen LogP contribution in [0, 0.1) is 0 Å². The average molecular weight is 133 g/mol. The highest BCUT2D eigenvalue weighted by Gasteiger charge is 2.05. The summed E-state index contributed by atoms with van der Waals surface area (Å²) in [5, 5.41) is 0. The maximum absolute atomic E-state index is 5.59. The summed E-state index contributed by atoms with van der Waals surface area (Å²) in [6.07, 6.45) is 0.